The lowest BCUT2D eigenvalue weighted by Crippen LogP contribution is -2.28. The van der Waals surface area contributed by atoms with E-state index < -0.39 is 10.0 Å². The van der Waals surface area contributed by atoms with Gasteiger partial charge < -0.3 is 0 Å². The largest absolute Gasteiger partial charge is 0.240 e. The van der Waals surface area contributed by atoms with Gasteiger partial charge in [0.15, 0.2) is 0 Å². The number of benzene rings is 1. The molecule has 0 fully saturated rings. The highest BCUT2D eigenvalue weighted by atomic mass is 35.5. The van der Waals surface area contributed by atoms with Gasteiger partial charge in [-0.05, 0) is 30.2 Å². The Morgan fingerprint density at radius 1 is 1.31 bits per heavy atom. The van der Waals surface area contributed by atoms with E-state index in [9.17, 15) is 8.42 Å². The molecule has 90 valence electrons. The SMILES string of the molecule is CC(CCl)CNS(=O)(=O)c1ccc(Cl)cc1. The Kier molecular flexibility index (Phi) is 5.05. The number of nitrogens with one attached hydrogen (secondary N) is 1. The van der Waals surface area contributed by atoms with Crippen molar-refractivity contribution in [2.45, 2.75) is 11.8 Å². The van der Waals surface area contributed by atoms with Gasteiger partial charge in [-0.1, -0.05) is 18.5 Å². The van der Waals surface area contributed by atoms with Crippen LogP contribution in [-0.4, -0.2) is 20.8 Å². The second-order valence-corrected chi connectivity index (χ2v) is 6.08. The molecule has 3 nitrogen and oxygen atoms in total. The van der Waals surface area contributed by atoms with E-state index in [2.05, 4.69) is 4.72 Å². The molecule has 1 rings (SSSR count). The second kappa shape index (κ2) is 5.87. The van der Waals surface area contributed by atoms with Crippen LogP contribution in [0, 0.1) is 5.92 Å². The topological polar surface area (TPSA) is 46.2 Å². The number of hydrogen-bond donors (Lipinski definition) is 1. The molecule has 1 aromatic carbocycles. The highest BCUT2D eigenvalue weighted by Gasteiger charge is 2.14. The lowest BCUT2D eigenvalue weighted by Gasteiger charge is -2.10. The molecule has 0 heterocycles. The molecule has 0 radical (unpaired) electrons. The Balaban J connectivity index is 2.74. The van der Waals surface area contributed by atoms with E-state index >= 15 is 0 Å². The standard InChI is InChI=1S/C10H13Cl2NO2S/c1-8(6-11)7-13-16(14,15)10-4-2-9(12)3-5-10/h2-5,8,13H,6-7H2,1H3. The summed E-state index contributed by atoms with van der Waals surface area (Å²) in [5, 5.41) is 0.507. The first-order chi connectivity index (χ1) is 7.45. The highest BCUT2D eigenvalue weighted by molar-refractivity contribution is 7.89. The van der Waals surface area contributed by atoms with Gasteiger partial charge in [-0.15, -0.1) is 11.6 Å². The third-order valence-corrected chi connectivity index (χ3v) is 4.23. The fourth-order valence-electron chi connectivity index (χ4n) is 1.00. The fourth-order valence-corrected chi connectivity index (χ4v) is 2.40. The molecule has 0 aliphatic carbocycles. The zero-order chi connectivity index (χ0) is 12.2. The third kappa shape index (κ3) is 3.94. The molecule has 0 bridgehead atoms. The van der Waals surface area contributed by atoms with Crippen molar-refractivity contribution in [1.29, 1.82) is 0 Å². The maximum Gasteiger partial charge on any atom is 0.240 e. The predicted molar refractivity (Wildman–Crippen MR) is 66.5 cm³/mol. The van der Waals surface area contributed by atoms with Crippen LogP contribution in [0.4, 0.5) is 0 Å². The van der Waals surface area contributed by atoms with Gasteiger partial charge in [0.25, 0.3) is 0 Å². The van der Waals surface area contributed by atoms with E-state index in [1.54, 1.807) is 12.1 Å². The Morgan fingerprint density at radius 2 is 1.88 bits per heavy atom. The molecule has 1 N–H and O–H groups in total. The Hall–Kier alpha value is -0.290. The van der Waals surface area contributed by atoms with Gasteiger partial charge in [0.05, 0.1) is 4.90 Å². The molecule has 16 heavy (non-hydrogen) atoms. The van der Waals surface area contributed by atoms with Crippen molar-refractivity contribution in [3.63, 3.8) is 0 Å². The first kappa shape index (κ1) is 13.8. The van der Waals surface area contributed by atoms with Crippen molar-refractivity contribution in [1.82, 2.24) is 4.72 Å². The van der Waals surface area contributed by atoms with Crippen LogP contribution >= 0.6 is 23.2 Å². The van der Waals surface area contributed by atoms with E-state index in [0.29, 0.717) is 17.4 Å². The van der Waals surface area contributed by atoms with Crippen LogP contribution in [0.2, 0.25) is 5.02 Å². The number of rotatable bonds is 5. The monoisotopic (exact) mass is 281 g/mol. The molecule has 0 aromatic heterocycles. The molecule has 0 aliphatic rings. The first-order valence-electron chi connectivity index (χ1n) is 4.77. The number of sulfonamides is 1. The quantitative estimate of drug-likeness (QED) is 0.843. The van der Waals surface area contributed by atoms with Crippen LogP contribution in [0.3, 0.4) is 0 Å². The van der Waals surface area contributed by atoms with Crippen molar-refractivity contribution in [3.05, 3.63) is 29.3 Å². The van der Waals surface area contributed by atoms with Crippen molar-refractivity contribution < 1.29 is 8.42 Å². The van der Waals surface area contributed by atoms with E-state index in [0.717, 1.165) is 0 Å². The summed E-state index contributed by atoms with van der Waals surface area (Å²) < 4.78 is 26.0. The minimum Gasteiger partial charge on any atom is -0.211 e. The Morgan fingerprint density at radius 3 is 2.38 bits per heavy atom. The van der Waals surface area contributed by atoms with E-state index in [-0.39, 0.29) is 10.8 Å². The van der Waals surface area contributed by atoms with Gasteiger partial charge >= 0.3 is 0 Å². The third-order valence-electron chi connectivity index (χ3n) is 2.01. The molecule has 6 heteroatoms. The summed E-state index contributed by atoms with van der Waals surface area (Å²) in [5.74, 6) is 0.520. The zero-order valence-corrected chi connectivity index (χ0v) is 11.1. The summed E-state index contributed by atoms with van der Waals surface area (Å²) in [7, 11) is -3.45. The van der Waals surface area contributed by atoms with Crippen molar-refractivity contribution in [3.8, 4) is 0 Å². The number of alkyl halides is 1. The molecule has 1 atom stereocenters. The lowest BCUT2D eigenvalue weighted by molar-refractivity contribution is 0.562. The molecular formula is C10H13Cl2NO2S. The van der Waals surface area contributed by atoms with E-state index in [1.807, 2.05) is 6.92 Å². The van der Waals surface area contributed by atoms with E-state index in [1.165, 1.54) is 12.1 Å². The zero-order valence-electron chi connectivity index (χ0n) is 8.78. The fraction of sp³-hybridized carbons (Fsp3) is 0.400. The van der Waals surface area contributed by atoms with Gasteiger partial charge in [-0.3, -0.25) is 0 Å². The molecule has 0 saturated carbocycles. The van der Waals surface area contributed by atoms with Gasteiger partial charge in [0, 0.05) is 17.4 Å². The van der Waals surface area contributed by atoms with Gasteiger partial charge in [-0.2, -0.15) is 0 Å². The molecule has 1 aromatic rings. The lowest BCUT2D eigenvalue weighted by atomic mass is 10.2. The number of hydrogen-bond acceptors (Lipinski definition) is 2. The maximum atomic E-state index is 11.8. The maximum absolute atomic E-state index is 11.8. The summed E-state index contributed by atoms with van der Waals surface area (Å²) in [6.07, 6.45) is 0. The van der Waals surface area contributed by atoms with E-state index in [4.69, 9.17) is 23.2 Å². The average Bonchev–Trinajstić information content (AvgIpc) is 2.26. The molecule has 1 unspecified atom stereocenters. The summed E-state index contributed by atoms with van der Waals surface area (Å²) >= 11 is 11.3. The molecule has 0 aliphatic heterocycles. The first-order valence-corrected chi connectivity index (χ1v) is 7.16. The van der Waals surface area contributed by atoms with Crippen LogP contribution in [0.25, 0.3) is 0 Å². The Bertz CT molecular complexity index is 431. The van der Waals surface area contributed by atoms with Crippen molar-refractivity contribution in [2.24, 2.45) is 5.92 Å². The molecule has 0 saturated heterocycles. The van der Waals surface area contributed by atoms with Gasteiger partial charge in [0.2, 0.25) is 10.0 Å². The number of halogens is 2. The minimum absolute atomic E-state index is 0.101. The van der Waals surface area contributed by atoms with Crippen LogP contribution in [0.15, 0.2) is 29.2 Å². The normalized spacial score (nSPS) is 13.7. The smallest absolute Gasteiger partial charge is 0.211 e. The van der Waals surface area contributed by atoms with Crippen LogP contribution in [0.5, 0.6) is 0 Å². The Labute approximate surface area is 106 Å². The van der Waals surface area contributed by atoms with Crippen LogP contribution in [0.1, 0.15) is 6.92 Å². The predicted octanol–water partition coefficient (Wildman–Crippen LogP) is 2.49. The molecule has 0 spiro atoms. The molecular weight excluding hydrogens is 269 g/mol. The van der Waals surface area contributed by atoms with Gasteiger partial charge in [-0.25, -0.2) is 13.1 Å². The van der Waals surface area contributed by atoms with Crippen LogP contribution < -0.4 is 4.72 Å². The minimum atomic E-state index is -3.45. The summed E-state index contributed by atoms with van der Waals surface area (Å²) in [4.78, 5) is 0.207. The molecule has 0 amide bonds. The van der Waals surface area contributed by atoms with Crippen molar-refractivity contribution >= 4 is 33.2 Å². The summed E-state index contributed by atoms with van der Waals surface area (Å²) in [6.45, 7) is 2.20. The van der Waals surface area contributed by atoms with Gasteiger partial charge in [0.1, 0.15) is 0 Å². The summed E-state index contributed by atoms with van der Waals surface area (Å²) in [6, 6.07) is 6.02. The average molecular weight is 282 g/mol. The van der Waals surface area contributed by atoms with Crippen LogP contribution in [-0.2, 0) is 10.0 Å². The van der Waals surface area contributed by atoms with Crippen molar-refractivity contribution in [2.75, 3.05) is 12.4 Å². The highest BCUT2D eigenvalue weighted by Crippen LogP contribution is 2.14. The second-order valence-electron chi connectivity index (χ2n) is 3.57. The summed E-state index contributed by atoms with van der Waals surface area (Å²) in [5.41, 5.74) is 0.